The van der Waals surface area contributed by atoms with Crippen LogP contribution in [0.3, 0.4) is 0 Å². The molecule has 4 heteroatoms. The molecular weight excluding hydrogens is 238 g/mol. The lowest BCUT2D eigenvalue weighted by molar-refractivity contribution is -0.132. The number of nitrogens with zero attached hydrogens (tertiary/aromatic N) is 1. The van der Waals surface area contributed by atoms with Gasteiger partial charge in [0.25, 0.3) is 0 Å². The molecule has 2 aliphatic rings. The van der Waals surface area contributed by atoms with Crippen molar-refractivity contribution in [3.8, 4) is 0 Å². The van der Waals surface area contributed by atoms with Gasteiger partial charge < -0.3 is 15.5 Å². The summed E-state index contributed by atoms with van der Waals surface area (Å²) in [5, 5.41) is 6.51. The SMILES string of the molecule is CC(C)C1(C(=O)NCCCN2CCCC2)CCNC1. The molecule has 0 aromatic rings. The van der Waals surface area contributed by atoms with Gasteiger partial charge >= 0.3 is 0 Å². The number of hydrogen-bond donors (Lipinski definition) is 2. The number of likely N-dealkylation sites (tertiary alicyclic amines) is 1. The average Bonchev–Trinajstić information content (AvgIpc) is 3.05. The Kier molecular flexibility index (Phi) is 5.22. The summed E-state index contributed by atoms with van der Waals surface area (Å²) < 4.78 is 0. The van der Waals surface area contributed by atoms with E-state index < -0.39 is 0 Å². The average molecular weight is 267 g/mol. The molecule has 2 aliphatic heterocycles. The minimum Gasteiger partial charge on any atom is -0.356 e. The zero-order chi connectivity index (χ0) is 13.7. The number of carbonyl (C=O) groups excluding carboxylic acids is 1. The highest BCUT2D eigenvalue weighted by Crippen LogP contribution is 2.34. The van der Waals surface area contributed by atoms with Crippen molar-refractivity contribution in [3.63, 3.8) is 0 Å². The van der Waals surface area contributed by atoms with Gasteiger partial charge in [0.1, 0.15) is 0 Å². The van der Waals surface area contributed by atoms with Gasteiger partial charge in [-0.1, -0.05) is 13.8 Å². The Hall–Kier alpha value is -0.610. The van der Waals surface area contributed by atoms with Crippen molar-refractivity contribution in [3.05, 3.63) is 0 Å². The van der Waals surface area contributed by atoms with Crippen LogP contribution in [-0.2, 0) is 4.79 Å². The van der Waals surface area contributed by atoms with Gasteiger partial charge in [0, 0.05) is 13.1 Å². The lowest BCUT2D eigenvalue weighted by Gasteiger charge is -2.31. The summed E-state index contributed by atoms with van der Waals surface area (Å²) in [5.74, 6) is 0.662. The number of carbonyl (C=O) groups is 1. The van der Waals surface area contributed by atoms with Crippen LogP contribution < -0.4 is 10.6 Å². The maximum Gasteiger partial charge on any atom is 0.227 e. The molecule has 1 amide bonds. The monoisotopic (exact) mass is 267 g/mol. The molecule has 0 spiro atoms. The van der Waals surface area contributed by atoms with Crippen molar-refractivity contribution in [1.82, 2.24) is 15.5 Å². The molecule has 19 heavy (non-hydrogen) atoms. The standard InChI is InChI=1S/C15H29N3O/c1-13(2)15(6-8-16-12-15)14(19)17-7-5-11-18-9-3-4-10-18/h13,16H,3-12H2,1-2H3,(H,17,19). The molecule has 110 valence electrons. The molecular formula is C15H29N3O. The van der Waals surface area contributed by atoms with Gasteiger partial charge in [-0.05, 0) is 57.8 Å². The van der Waals surface area contributed by atoms with Crippen LogP contribution >= 0.6 is 0 Å². The third-order valence-corrected chi connectivity index (χ3v) is 4.88. The molecule has 2 fully saturated rings. The van der Waals surface area contributed by atoms with Crippen molar-refractivity contribution in [2.45, 2.75) is 39.5 Å². The van der Waals surface area contributed by atoms with E-state index in [1.54, 1.807) is 0 Å². The summed E-state index contributed by atoms with van der Waals surface area (Å²) in [7, 11) is 0. The highest BCUT2D eigenvalue weighted by atomic mass is 16.2. The fourth-order valence-electron chi connectivity index (χ4n) is 3.35. The molecule has 2 heterocycles. The summed E-state index contributed by atoms with van der Waals surface area (Å²) in [6.45, 7) is 10.6. The second-order valence-corrected chi connectivity index (χ2v) is 6.40. The summed E-state index contributed by atoms with van der Waals surface area (Å²) >= 11 is 0. The third kappa shape index (κ3) is 3.48. The summed E-state index contributed by atoms with van der Waals surface area (Å²) in [5.41, 5.74) is -0.173. The maximum atomic E-state index is 12.4. The van der Waals surface area contributed by atoms with Gasteiger partial charge in [-0.2, -0.15) is 0 Å². The van der Waals surface area contributed by atoms with E-state index in [4.69, 9.17) is 0 Å². The van der Waals surface area contributed by atoms with E-state index >= 15 is 0 Å². The van der Waals surface area contributed by atoms with Gasteiger partial charge in [-0.3, -0.25) is 4.79 Å². The van der Waals surface area contributed by atoms with E-state index in [1.165, 1.54) is 25.9 Å². The summed E-state index contributed by atoms with van der Waals surface area (Å²) in [6.07, 6.45) is 4.74. The molecule has 2 saturated heterocycles. The smallest absolute Gasteiger partial charge is 0.227 e. The normalized spacial score (nSPS) is 28.2. The topological polar surface area (TPSA) is 44.4 Å². The Morgan fingerprint density at radius 3 is 2.68 bits per heavy atom. The van der Waals surface area contributed by atoms with Crippen LogP contribution in [0.2, 0.25) is 0 Å². The Labute approximate surface area is 117 Å². The molecule has 0 saturated carbocycles. The van der Waals surface area contributed by atoms with Crippen molar-refractivity contribution >= 4 is 5.91 Å². The van der Waals surface area contributed by atoms with E-state index in [0.717, 1.165) is 39.0 Å². The van der Waals surface area contributed by atoms with Gasteiger partial charge in [0.05, 0.1) is 5.41 Å². The van der Waals surface area contributed by atoms with Crippen LogP contribution in [0.4, 0.5) is 0 Å². The first-order valence-corrected chi connectivity index (χ1v) is 7.86. The fourth-order valence-corrected chi connectivity index (χ4v) is 3.35. The number of rotatable bonds is 6. The minimum absolute atomic E-state index is 0.173. The highest BCUT2D eigenvalue weighted by molar-refractivity contribution is 5.83. The van der Waals surface area contributed by atoms with E-state index in [2.05, 4.69) is 29.4 Å². The number of hydrogen-bond acceptors (Lipinski definition) is 3. The lowest BCUT2D eigenvalue weighted by Crippen LogP contribution is -2.46. The van der Waals surface area contributed by atoms with Crippen LogP contribution in [0.1, 0.15) is 39.5 Å². The first-order valence-electron chi connectivity index (χ1n) is 7.86. The molecule has 0 aromatic heterocycles. The van der Waals surface area contributed by atoms with Gasteiger partial charge in [0.15, 0.2) is 0 Å². The molecule has 0 radical (unpaired) electrons. The second kappa shape index (κ2) is 6.71. The van der Waals surface area contributed by atoms with Crippen LogP contribution in [0.5, 0.6) is 0 Å². The molecule has 2 rings (SSSR count). The van der Waals surface area contributed by atoms with Crippen LogP contribution in [0.15, 0.2) is 0 Å². The Bertz CT molecular complexity index is 292. The Morgan fingerprint density at radius 2 is 2.11 bits per heavy atom. The molecule has 0 bridgehead atoms. The van der Waals surface area contributed by atoms with Crippen molar-refractivity contribution in [1.29, 1.82) is 0 Å². The van der Waals surface area contributed by atoms with E-state index in [0.29, 0.717) is 5.92 Å². The minimum atomic E-state index is -0.173. The number of nitrogens with one attached hydrogen (secondary N) is 2. The second-order valence-electron chi connectivity index (χ2n) is 6.40. The Balaban J connectivity index is 1.70. The predicted molar refractivity (Wildman–Crippen MR) is 78.1 cm³/mol. The van der Waals surface area contributed by atoms with Gasteiger partial charge in [0.2, 0.25) is 5.91 Å². The van der Waals surface area contributed by atoms with E-state index in [1.807, 2.05) is 0 Å². The van der Waals surface area contributed by atoms with Crippen molar-refractivity contribution < 1.29 is 4.79 Å². The fraction of sp³-hybridized carbons (Fsp3) is 0.933. The molecule has 1 unspecified atom stereocenters. The first-order chi connectivity index (χ1) is 9.15. The molecule has 1 atom stereocenters. The molecule has 0 aliphatic carbocycles. The van der Waals surface area contributed by atoms with Crippen molar-refractivity contribution in [2.24, 2.45) is 11.3 Å². The van der Waals surface area contributed by atoms with Crippen LogP contribution in [-0.4, -0.2) is 50.1 Å². The summed E-state index contributed by atoms with van der Waals surface area (Å²) in [4.78, 5) is 14.9. The Morgan fingerprint density at radius 1 is 1.37 bits per heavy atom. The van der Waals surface area contributed by atoms with Crippen molar-refractivity contribution in [2.75, 3.05) is 39.3 Å². The number of amides is 1. The van der Waals surface area contributed by atoms with E-state index in [9.17, 15) is 4.79 Å². The zero-order valence-electron chi connectivity index (χ0n) is 12.5. The third-order valence-electron chi connectivity index (χ3n) is 4.88. The highest BCUT2D eigenvalue weighted by Gasteiger charge is 2.43. The zero-order valence-corrected chi connectivity index (χ0v) is 12.5. The molecule has 4 nitrogen and oxygen atoms in total. The first kappa shape index (κ1) is 14.8. The quantitative estimate of drug-likeness (QED) is 0.711. The largest absolute Gasteiger partial charge is 0.356 e. The molecule has 0 aromatic carbocycles. The van der Waals surface area contributed by atoms with Crippen LogP contribution in [0, 0.1) is 11.3 Å². The molecule has 2 N–H and O–H groups in total. The predicted octanol–water partition coefficient (Wildman–Crippen LogP) is 1.22. The van der Waals surface area contributed by atoms with Gasteiger partial charge in [-0.15, -0.1) is 0 Å². The van der Waals surface area contributed by atoms with E-state index in [-0.39, 0.29) is 11.3 Å². The van der Waals surface area contributed by atoms with Gasteiger partial charge in [-0.25, -0.2) is 0 Å². The lowest BCUT2D eigenvalue weighted by atomic mass is 9.75. The van der Waals surface area contributed by atoms with Crippen LogP contribution in [0.25, 0.3) is 0 Å². The maximum absolute atomic E-state index is 12.4. The summed E-state index contributed by atoms with van der Waals surface area (Å²) in [6, 6.07) is 0.